The Bertz CT molecular complexity index is 841. The van der Waals surface area contributed by atoms with Crippen LogP contribution in [0.3, 0.4) is 0 Å². The first kappa shape index (κ1) is 15.8. The molecule has 3 rings (SSSR count). The summed E-state index contributed by atoms with van der Waals surface area (Å²) in [5.74, 6) is 0.798. The smallest absolute Gasteiger partial charge is 0.249 e. The second kappa shape index (κ2) is 7.00. The zero-order valence-electron chi connectivity index (χ0n) is 11.6. The van der Waals surface area contributed by atoms with Crippen LogP contribution in [0.15, 0.2) is 48.7 Å². The number of nitrogens with zero attached hydrogens (tertiary/aromatic N) is 3. The van der Waals surface area contributed by atoms with Gasteiger partial charge in [0.1, 0.15) is 0 Å². The lowest BCUT2D eigenvalue weighted by molar-refractivity contribution is 0.982. The maximum Gasteiger partial charge on any atom is 0.249 e. The fourth-order valence-electron chi connectivity index (χ4n) is 1.83. The zero-order chi connectivity index (χ0) is 16.2. The minimum Gasteiger partial charge on any atom is -0.338 e. The molecule has 2 aromatic carbocycles. The number of halogens is 3. The lowest BCUT2D eigenvalue weighted by atomic mass is 10.3. The highest BCUT2D eigenvalue weighted by molar-refractivity contribution is 6.36. The molecular formula is C15H10Cl3N5. The molecule has 0 atom stereocenters. The van der Waals surface area contributed by atoms with E-state index in [-0.39, 0.29) is 0 Å². The summed E-state index contributed by atoms with van der Waals surface area (Å²) < 4.78 is 0. The topological polar surface area (TPSA) is 62.7 Å². The van der Waals surface area contributed by atoms with Crippen LogP contribution in [-0.2, 0) is 0 Å². The second-order valence-electron chi connectivity index (χ2n) is 4.52. The van der Waals surface area contributed by atoms with Crippen LogP contribution in [-0.4, -0.2) is 15.2 Å². The Labute approximate surface area is 147 Å². The van der Waals surface area contributed by atoms with Gasteiger partial charge in [-0.1, -0.05) is 46.9 Å². The maximum absolute atomic E-state index is 6.13. The van der Waals surface area contributed by atoms with E-state index in [0.717, 1.165) is 0 Å². The van der Waals surface area contributed by atoms with E-state index in [1.165, 1.54) is 6.20 Å². The van der Waals surface area contributed by atoms with Crippen LogP contribution in [0.2, 0.25) is 15.1 Å². The largest absolute Gasteiger partial charge is 0.338 e. The third-order valence-corrected chi connectivity index (χ3v) is 3.75. The predicted octanol–water partition coefficient (Wildman–Crippen LogP) is 5.32. The van der Waals surface area contributed by atoms with Gasteiger partial charge in [-0.05, 0) is 30.3 Å². The normalized spacial score (nSPS) is 10.4. The summed E-state index contributed by atoms with van der Waals surface area (Å²) in [7, 11) is 0. The number of benzene rings is 2. The average molecular weight is 367 g/mol. The molecular weight excluding hydrogens is 357 g/mol. The Morgan fingerprint density at radius 3 is 2.39 bits per heavy atom. The molecule has 8 heteroatoms. The summed E-state index contributed by atoms with van der Waals surface area (Å²) in [6, 6.07) is 12.4. The van der Waals surface area contributed by atoms with Gasteiger partial charge in [0.25, 0.3) is 0 Å². The van der Waals surface area contributed by atoms with Crippen molar-refractivity contribution in [3.05, 3.63) is 63.7 Å². The molecule has 0 amide bonds. The van der Waals surface area contributed by atoms with Crippen LogP contribution < -0.4 is 10.6 Å². The molecule has 0 fully saturated rings. The first-order valence-electron chi connectivity index (χ1n) is 6.55. The van der Waals surface area contributed by atoms with Gasteiger partial charge < -0.3 is 10.6 Å². The number of anilines is 4. The predicted molar refractivity (Wildman–Crippen MR) is 94.3 cm³/mol. The first-order valence-corrected chi connectivity index (χ1v) is 7.68. The van der Waals surface area contributed by atoms with E-state index >= 15 is 0 Å². The summed E-state index contributed by atoms with van der Waals surface area (Å²) in [5.41, 5.74) is 1.36. The molecule has 0 bridgehead atoms. The van der Waals surface area contributed by atoms with E-state index in [0.29, 0.717) is 38.2 Å². The number of rotatable bonds is 4. The standard InChI is InChI=1S/C15H10Cl3N5/c16-9-5-6-13(11(18)7-9)20-14-8-19-23-15(22-14)21-12-4-2-1-3-10(12)17/h1-8H,(H2,20,21,22,23). The monoisotopic (exact) mass is 365 g/mol. The Kier molecular flexibility index (Phi) is 4.81. The highest BCUT2D eigenvalue weighted by Crippen LogP contribution is 2.28. The van der Waals surface area contributed by atoms with Gasteiger partial charge in [-0.15, -0.1) is 5.10 Å². The van der Waals surface area contributed by atoms with Gasteiger partial charge in [0, 0.05) is 5.02 Å². The van der Waals surface area contributed by atoms with Crippen molar-refractivity contribution in [1.29, 1.82) is 0 Å². The lowest BCUT2D eigenvalue weighted by Crippen LogP contribution is -2.02. The van der Waals surface area contributed by atoms with Gasteiger partial charge >= 0.3 is 0 Å². The minimum atomic E-state index is 0.313. The van der Waals surface area contributed by atoms with Crippen LogP contribution in [0, 0.1) is 0 Å². The van der Waals surface area contributed by atoms with Crippen LogP contribution in [0.25, 0.3) is 0 Å². The Morgan fingerprint density at radius 2 is 1.61 bits per heavy atom. The van der Waals surface area contributed by atoms with E-state index in [1.54, 1.807) is 24.3 Å². The van der Waals surface area contributed by atoms with Crippen molar-refractivity contribution in [3.8, 4) is 0 Å². The van der Waals surface area contributed by atoms with E-state index < -0.39 is 0 Å². The van der Waals surface area contributed by atoms with Gasteiger partial charge in [0.15, 0.2) is 5.82 Å². The molecule has 116 valence electrons. The van der Waals surface area contributed by atoms with Gasteiger partial charge in [-0.25, -0.2) is 0 Å². The summed E-state index contributed by atoms with van der Waals surface area (Å²) >= 11 is 18.1. The van der Waals surface area contributed by atoms with Crippen LogP contribution in [0.4, 0.5) is 23.1 Å². The average Bonchev–Trinajstić information content (AvgIpc) is 2.53. The number of para-hydroxylation sites is 1. The molecule has 0 spiro atoms. The van der Waals surface area contributed by atoms with Crippen LogP contribution >= 0.6 is 34.8 Å². The minimum absolute atomic E-state index is 0.313. The van der Waals surface area contributed by atoms with Gasteiger partial charge in [0.05, 0.1) is 27.6 Å². The molecule has 3 aromatic rings. The Hall–Kier alpha value is -2.08. The van der Waals surface area contributed by atoms with Crippen molar-refractivity contribution in [3.63, 3.8) is 0 Å². The lowest BCUT2D eigenvalue weighted by Gasteiger charge is -2.09. The van der Waals surface area contributed by atoms with E-state index in [4.69, 9.17) is 34.8 Å². The summed E-state index contributed by atoms with van der Waals surface area (Å²) in [4.78, 5) is 4.32. The third-order valence-electron chi connectivity index (χ3n) is 2.87. The molecule has 23 heavy (non-hydrogen) atoms. The first-order chi connectivity index (χ1) is 11.1. The number of aromatic nitrogens is 3. The highest BCUT2D eigenvalue weighted by atomic mass is 35.5. The molecule has 0 aliphatic rings. The molecule has 0 unspecified atom stereocenters. The molecule has 0 aliphatic heterocycles. The summed E-state index contributed by atoms with van der Waals surface area (Å²) in [5, 5.41) is 15.5. The molecule has 0 aliphatic carbocycles. The van der Waals surface area contributed by atoms with E-state index in [2.05, 4.69) is 25.8 Å². The molecule has 0 radical (unpaired) electrons. The quantitative estimate of drug-likeness (QED) is 0.654. The van der Waals surface area contributed by atoms with Crippen LogP contribution in [0.1, 0.15) is 0 Å². The highest BCUT2D eigenvalue weighted by Gasteiger charge is 2.06. The fourth-order valence-corrected chi connectivity index (χ4v) is 2.47. The molecule has 2 N–H and O–H groups in total. The molecule has 5 nitrogen and oxygen atoms in total. The molecule has 0 saturated heterocycles. The molecule has 1 aromatic heterocycles. The van der Waals surface area contributed by atoms with Crippen molar-refractivity contribution in [2.75, 3.05) is 10.6 Å². The maximum atomic E-state index is 6.13. The molecule has 1 heterocycles. The van der Waals surface area contributed by atoms with Gasteiger partial charge in [0.2, 0.25) is 5.95 Å². The fraction of sp³-hybridized carbons (Fsp3) is 0. The van der Waals surface area contributed by atoms with E-state index in [1.807, 2.05) is 18.2 Å². The SMILES string of the molecule is Clc1ccc(Nc2cnnc(Nc3ccccc3Cl)n2)c(Cl)c1. The van der Waals surface area contributed by atoms with Crippen molar-refractivity contribution in [1.82, 2.24) is 15.2 Å². The zero-order valence-corrected chi connectivity index (χ0v) is 13.9. The van der Waals surface area contributed by atoms with Gasteiger partial charge in [-0.2, -0.15) is 10.1 Å². The third kappa shape index (κ3) is 4.01. The Balaban J connectivity index is 1.81. The van der Waals surface area contributed by atoms with Crippen molar-refractivity contribution in [2.45, 2.75) is 0 Å². The molecule has 0 saturated carbocycles. The van der Waals surface area contributed by atoms with Crippen molar-refractivity contribution < 1.29 is 0 Å². The van der Waals surface area contributed by atoms with Crippen molar-refractivity contribution >= 4 is 57.9 Å². The summed E-state index contributed by atoms with van der Waals surface area (Å²) in [6.45, 7) is 0. The second-order valence-corrected chi connectivity index (χ2v) is 5.77. The van der Waals surface area contributed by atoms with Crippen molar-refractivity contribution in [2.24, 2.45) is 0 Å². The number of nitrogens with one attached hydrogen (secondary N) is 2. The van der Waals surface area contributed by atoms with Gasteiger partial charge in [-0.3, -0.25) is 0 Å². The number of hydrogen-bond acceptors (Lipinski definition) is 5. The number of hydrogen-bond donors (Lipinski definition) is 2. The Morgan fingerprint density at radius 1 is 0.826 bits per heavy atom. The van der Waals surface area contributed by atoms with Crippen LogP contribution in [0.5, 0.6) is 0 Å². The summed E-state index contributed by atoms with van der Waals surface area (Å²) in [6.07, 6.45) is 1.49. The van der Waals surface area contributed by atoms with E-state index in [9.17, 15) is 0 Å².